The number of rotatable bonds is 5. The molecule has 0 amide bonds. The SMILES string of the molecule is CCc1cc2ncc(CN3CCN(c4cnc5c(NC)noc5c4)[C@@H]4CC[C@@H]43)cc2[nH]c1=O. The van der Waals surface area contributed by atoms with Crippen LogP contribution in [-0.2, 0) is 13.0 Å². The molecule has 6 rings (SSSR count). The normalized spacial score (nSPS) is 20.7. The number of piperazine rings is 1. The Labute approximate surface area is 190 Å². The third kappa shape index (κ3) is 3.34. The van der Waals surface area contributed by atoms with E-state index in [1.807, 2.05) is 32.4 Å². The van der Waals surface area contributed by atoms with Crippen molar-refractivity contribution in [2.45, 2.75) is 44.8 Å². The number of anilines is 2. The molecule has 1 aliphatic carbocycles. The minimum atomic E-state index is -0.0178. The van der Waals surface area contributed by atoms with Crippen LogP contribution in [0.1, 0.15) is 30.9 Å². The van der Waals surface area contributed by atoms with Crippen LogP contribution < -0.4 is 15.8 Å². The summed E-state index contributed by atoms with van der Waals surface area (Å²) in [6, 6.07) is 6.98. The lowest BCUT2D eigenvalue weighted by molar-refractivity contribution is 0.0659. The van der Waals surface area contributed by atoms with Gasteiger partial charge in [-0.25, -0.2) is 4.98 Å². The van der Waals surface area contributed by atoms with Crippen LogP contribution in [-0.4, -0.2) is 57.2 Å². The Kier molecular flexibility index (Phi) is 4.79. The third-order valence-electron chi connectivity index (χ3n) is 7.16. The summed E-state index contributed by atoms with van der Waals surface area (Å²) in [4.78, 5) is 29.4. The van der Waals surface area contributed by atoms with Crippen molar-refractivity contribution in [3.63, 3.8) is 0 Å². The van der Waals surface area contributed by atoms with Crippen LogP contribution in [0.3, 0.4) is 0 Å². The molecule has 2 aliphatic rings. The maximum Gasteiger partial charge on any atom is 0.251 e. The van der Waals surface area contributed by atoms with Crippen molar-refractivity contribution in [3.05, 3.63) is 52.1 Å². The van der Waals surface area contributed by atoms with Gasteiger partial charge in [0, 0.05) is 56.6 Å². The van der Waals surface area contributed by atoms with E-state index in [1.54, 1.807) is 0 Å². The van der Waals surface area contributed by atoms with E-state index in [4.69, 9.17) is 4.52 Å². The number of nitrogens with one attached hydrogen (secondary N) is 2. The minimum absolute atomic E-state index is 0.0178. The molecule has 4 aromatic heterocycles. The van der Waals surface area contributed by atoms with Gasteiger partial charge in [0.05, 0.1) is 22.9 Å². The zero-order valence-electron chi connectivity index (χ0n) is 18.8. The Morgan fingerprint density at radius 2 is 2.03 bits per heavy atom. The van der Waals surface area contributed by atoms with Crippen LogP contribution in [0.4, 0.5) is 11.5 Å². The van der Waals surface area contributed by atoms with Crippen molar-refractivity contribution in [1.82, 2.24) is 25.0 Å². The molecule has 1 saturated heterocycles. The van der Waals surface area contributed by atoms with Crippen LogP contribution in [0.15, 0.2) is 39.9 Å². The highest BCUT2D eigenvalue weighted by molar-refractivity contribution is 5.86. The fourth-order valence-electron chi connectivity index (χ4n) is 5.23. The van der Waals surface area contributed by atoms with Gasteiger partial charge < -0.3 is 19.7 Å². The largest absolute Gasteiger partial charge is 0.369 e. The van der Waals surface area contributed by atoms with Gasteiger partial charge in [-0.3, -0.25) is 14.7 Å². The molecule has 33 heavy (non-hydrogen) atoms. The molecule has 5 heterocycles. The zero-order valence-corrected chi connectivity index (χ0v) is 18.8. The number of pyridine rings is 3. The second kappa shape index (κ2) is 7.84. The molecular weight excluding hydrogens is 418 g/mol. The lowest BCUT2D eigenvalue weighted by Gasteiger charge is -2.54. The molecule has 0 bridgehead atoms. The summed E-state index contributed by atoms with van der Waals surface area (Å²) in [5, 5.41) is 7.05. The molecule has 170 valence electrons. The Hall–Kier alpha value is -3.46. The van der Waals surface area contributed by atoms with E-state index in [9.17, 15) is 4.79 Å². The van der Waals surface area contributed by atoms with Crippen molar-refractivity contribution in [1.29, 1.82) is 0 Å². The van der Waals surface area contributed by atoms with Crippen molar-refractivity contribution >= 4 is 33.6 Å². The van der Waals surface area contributed by atoms with Gasteiger partial charge in [-0.1, -0.05) is 12.1 Å². The van der Waals surface area contributed by atoms with Gasteiger partial charge in [-0.05, 0) is 37.0 Å². The number of nitrogens with zero attached hydrogens (tertiary/aromatic N) is 5. The first kappa shape index (κ1) is 20.2. The van der Waals surface area contributed by atoms with Crippen LogP contribution in [0.25, 0.3) is 22.1 Å². The standard InChI is InChI=1S/C24H27N7O2/c1-3-15-9-17-18(28-24(15)32)8-14(11-26-17)13-30-6-7-31(20-5-4-19(20)30)16-10-21-22(27-12-16)23(25-2)29-33-21/h8-12,19-20H,3-7,13H2,1-2H3,(H,25,29)(H,28,32)/t19-,20+/m0/s1. The number of hydrogen-bond acceptors (Lipinski definition) is 8. The number of aromatic amines is 1. The monoisotopic (exact) mass is 445 g/mol. The Morgan fingerprint density at radius 1 is 1.15 bits per heavy atom. The summed E-state index contributed by atoms with van der Waals surface area (Å²) in [5.41, 5.74) is 6.10. The number of aryl methyl sites for hydroxylation is 1. The van der Waals surface area contributed by atoms with Crippen molar-refractivity contribution < 1.29 is 4.52 Å². The topological polar surface area (TPSA) is 103 Å². The first-order valence-corrected chi connectivity index (χ1v) is 11.6. The van der Waals surface area contributed by atoms with Crippen LogP contribution in [0.5, 0.6) is 0 Å². The smallest absolute Gasteiger partial charge is 0.251 e. The lowest BCUT2D eigenvalue weighted by Crippen LogP contribution is -2.64. The lowest BCUT2D eigenvalue weighted by atomic mass is 9.81. The maximum absolute atomic E-state index is 12.2. The average molecular weight is 446 g/mol. The Morgan fingerprint density at radius 3 is 2.82 bits per heavy atom. The van der Waals surface area contributed by atoms with E-state index in [1.165, 1.54) is 12.8 Å². The second-order valence-corrected chi connectivity index (χ2v) is 8.95. The number of hydrogen-bond donors (Lipinski definition) is 2. The molecule has 2 N–H and O–H groups in total. The van der Waals surface area contributed by atoms with Crippen molar-refractivity contribution in [2.24, 2.45) is 0 Å². The van der Waals surface area contributed by atoms with E-state index in [0.717, 1.165) is 53.0 Å². The van der Waals surface area contributed by atoms with E-state index in [2.05, 4.69) is 47.4 Å². The second-order valence-electron chi connectivity index (χ2n) is 8.95. The van der Waals surface area contributed by atoms with E-state index < -0.39 is 0 Å². The van der Waals surface area contributed by atoms with Gasteiger partial charge in [-0.15, -0.1) is 0 Å². The van der Waals surface area contributed by atoms with E-state index >= 15 is 0 Å². The molecule has 2 fully saturated rings. The van der Waals surface area contributed by atoms with Crippen molar-refractivity contribution in [3.8, 4) is 0 Å². The fraction of sp³-hybridized carbons (Fsp3) is 0.417. The predicted molar refractivity (Wildman–Crippen MR) is 128 cm³/mol. The predicted octanol–water partition coefficient (Wildman–Crippen LogP) is 2.92. The third-order valence-corrected chi connectivity index (χ3v) is 7.16. The number of fused-ring (bicyclic) bond motifs is 3. The summed E-state index contributed by atoms with van der Waals surface area (Å²) < 4.78 is 5.47. The first-order chi connectivity index (χ1) is 16.1. The summed E-state index contributed by atoms with van der Waals surface area (Å²) in [7, 11) is 1.82. The summed E-state index contributed by atoms with van der Waals surface area (Å²) >= 11 is 0. The molecule has 0 unspecified atom stereocenters. The quantitative estimate of drug-likeness (QED) is 0.483. The highest BCUT2D eigenvalue weighted by atomic mass is 16.5. The van der Waals surface area contributed by atoms with E-state index in [-0.39, 0.29) is 5.56 Å². The Balaban J connectivity index is 1.21. The zero-order chi connectivity index (χ0) is 22.5. The van der Waals surface area contributed by atoms with Crippen LogP contribution in [0.2, 0.25) is 0 Å². The number of aromatic nitrogens is 4. The molecule has 9 heteroatoms. The van der Waals surface area contributed by atoms with Gasteiger partial charge in [0.25, 0.3) is 5.56 Å². The Bertz CT molecular complexity index is 1390. The highest BCUT2D eigenvalue weighted by Crippen LogP contribution is 2.38. The molecule has 9 nitrogen and oxygen atoms in total. The van der Waals surface area contributed by atoms with Gasteiger partial charge in [-0.2, -0.15) is 0 Å². The van der Waals surface area contributed by atoms with Gasteiger partial charge >= 0.3 is 0 Å². The highest BCUT2D eigenvalue weighted by Gasteiger charge is 2.43. The summed E-state index contributed by atoms with van der Waals surface area (Å²) in [6.07, 6.45) is 6.93. The molecule has 1 saturated carbocycles. The van der Waals surface area contributed by atoms with E-state index in [0.29, 0.717) is 29.9 Å². The molecule has 0 radical (unpaired) electrons. The molecule has 0 aromatic carbocycles. The molecule has 2 atom stereocenters. The van der Waals surface area contributed by atoms with Gasteiger partial charge in [0.15, 0.2) is 16.9 Å². The molecule has 1 aliphatic heterocycles. The molecule has 4 aromatic rings. The van der Waals surface area contributed by atoms with Crippen LogP contribution in [0, 0.1) is 0 Å². The van der Waals surface area contributed by atoms with Gasteiger partial charge in [0.2, 0.25) is 0 Å². The average Bonchev–Trinajstić information content (AvgIpc) is 3.22. The minimum Gasteiger partial charge on any atom is -0.369 e. The fourth-order valence-corrected chi connectivity index (χ4v) is 5.23. The molecular formula is C24H27N7O2. The maximum atomic E-state index is 12.2. The van der Waals surface area contributed by atoms with Crippen molar-refractivity contribution in [2.75, 3.05) is 30.4 Å². The first-order valence-electron chi connectivity index (χ1n) is 11.6. The summed E-state index contributed by atoms with van der Waals surface area (Å²) in [6.45, 7) is 4.71. The number of H-pyrrole nitrogens is 1. The summed E-state index contributed by atoms with van der Waals surface area (Å²) in [5.74, 6) is 0.666. The molecule has 0 spiro atoms. The van der Waals surface area contributed by atoms with Gasteiger partial charge in [0.1, 0.15) is 0 Å². The van der Waals surface area contributed by atoms with Crippen LogP contribution >= 0.6 is 0 Å².